The summed E-state index contributed by atoms with van der Waals surface area (Å²) in [6.45, 7) is 2.94. The van der Waals surface area contributed by atoms with Crippen LogP contribution in [-0.2, 0) is 10.0 Å². The van der Waals surface area contributed by atoms with E-state index in [1.807, 2.05) is 25.1 Å². The molecule has 0 N–H and O–H groups in total. The van der Waals surface area contributed by atoms with Crippen molar-refractivity contribution >= 4 is 48.3 Å². The Kier molecular flexibility index (Phi) is 7.67. The van der Waals surface area contributed by atoms with Gasteiger partial charge in [0.05, 0.1) is 15.3 Å². The number of amides is 1. The van der Waals surface area contributed by atoms with Gasteiger partial charge in [-0.1, -0.05) is 35.6 Å². The molecule has 0 saturated carbocycles. The molecule has 0 unspecified atom stereocenters. The molecule has 0 spiro atoms. The molecule has 0 radical (unpaired) electrons. The summed E-state index contributed by atoms with van der Waals surface area (Å²) >= 11 is 1.24. The third kappa shape index (κ3) is 5.25. The summed E-state index contributed by atoms with van der Waals surface area (Å²) < 4.78 is 42.8. The molecule has 1 amide bonds. The van der Waals surface area contributed by atoms with Crippen molar-refractivity contribution in [1.29, 1.82) is 0 Å². The number of para-hydroxylation sites is 2. The minimum atomic E-state index is -3.81. The zero-order valence-electron chi connectivity index (χ0n) is 20.3. The highest BCUT2D eigenvalue weighted by Gasteiger charge is 2.26. The first-order chi connectivity index (χ1) is 17.2. The maximum atomic E-state index is 14.2. The van der Waals surface area contributed by atoms with Gasteiger partial charge in [0, 0.05) is 25.2 Å². The van der Waals surface area contributed by atoms with Crippen LogP contribution in [0.1, 0.15) is 17.3 Å². The fourth-order valence-electron chi connectivity index (χ4n) is 3.74. The molecule has 0 atom stereocenters. The average Bonchev–Trinajstić information content (AvgIpc) is 3.30. The van der Waals surface area contributed by atoms with Gasteiger partial charge in [-0.05, 0) is 69.6 Å². The molecular weight excluding hydrogens is 499 g/mol. The number of hydrogen-bond acceptors (Lipinski definition) is 6. The Bertz CT molecular complexity index is 1460. The first kappa shape index (κ1) is 25.7. The minimum absolute atomic E-state index is 0.0895. The van der Waals surface area contributed by atoms with Gasteiger partial charge in [0.25, 0.3) is 15.9 Å². The molecule has 0 aliphatic rings. The van der Waals surface area contributed by atoms with Crippen LogP contribution in [0.4, 0.5) is 15.2 Å². The minimum Gasteiger partial charge on any atom is -0.308 e. The van der Waals surface area contributed by atoms with Crippen LogP contribution in [0.15, 0.2) is 77.7 Å². The Morgan fingerprint density at radius 2 is 1.64 bits per heavy atom. The fourth-order valence-corrected chi connectivity index (χ4v) is 6.22. The van der Waals surface area contributed by atoms with Crippen molar-refractivity contribution in [3.8, 4) is 0 Å². The average molecular weight is 527 g/mol. The van der Waals surface area contributed by atoms with Crippen molar-refractivity contribution < 1.29 is 17.6 Å². The van der Waals surface area contributed by atoms with Crippen LogP contribution in [0.5, 0.6) is 0 Å². The third-order valence-corrected chi connectivity index (χ3v) is 8.59. The molecule has 7 nitrogen and oxygen atoms in total. The lowest BCUT2D eigenvalue weighted by Gasteiger charge is -2.24. The van der Waals surface area contributed by atoms with Crippen molar-refractivity contribution in [1.82, 2.24) is 9.88 Å². The largest absolute Gasteiger partial charge is 0.308 e. The van der Waals surface area contributed by atoms with Gasteiger partial charge in [0.1, 0.15) is 11.3 Å². The number of hydrogen-bond donors (Lipinski definition) is 0. The molecule has 3 aromatic carbocycles. The molecule has 188 valence electrons. The topological polar surface area (TPSA) is 73.8 Å². The summed E-state index contributed by atoms with van der Waals surface area (Å²) in [6.07, 6.45) is 0. The van der Waals surface area contributed by atoms with Crippen LogP contribution in [0.3, 0.4) is 0 Å². The van der Waals surface area contributed by atoms with E-state index in [4.69, 9.17) is 0 Å². The van der Waals surface area contributed by atoms with Gasteiger partial charge < -0.3 is 4.90 Å². The molecule has 4 rings (SSSR count). The van der Waals surface area contributed by atoms with Crippen LogP contribution in [0, 0.1) is 5.82 Å². The highest BCUT2D eigenvalue weighted by atomic mass is 32.2. The highest BCUT2D eigenvalue weighted by Crippen LogP contribution is 2.31. The lowest BCUT2D eigenvalue weighted by atomic mass is 10.2. The lowest BCUT2D eigenvalue weighted by Crippen LogP contribution is -2.36. The summed E-state index contributed by atoms with van der Waals surface area (Å²) in [5.74, 6) is -0.779. The number of carbonyl (C=O) groups is 1. The number of halogens is 1. The predicted molar refractivity (Wildman–Crippen MR) is 143 cm³/mol. The Balaban J connectivity index is 1.65. The molecule has 10 heteroatoms. The maximum absolute atomic E-state index is 14.2. The summed E-state index contributed by atoms with van der Waals surface area (Å²) in [5.41, 5.74) is 1.11. The molecule has 36 heavy (non-hydrogen) atoms. The van der Waals surface area contributed by atoms with Gasteiger partial charge >= 0.3 is 0 Å². The van der Waals surface area contributed by atoms with Crippen molar-refractivity contribution in [2.45, 2.75) is 11.8 Å². The SMILES string of the molecule is CCN(c1ccccc1)S(=O)(=O)c1ccc(C(=O)N(CCN(C)C)c2nc3c(F)cccc3s2)cc1. The van der Waals surface area contributed by atoms with Crippen molar-refractivity contribution in [2.24, 2.45) is 0 Å². The monoisotopic (exact) mass is 526 g/mol. The normalized spacial score (nSPS) is 11.7. The quantitative estimate of drug-likeness (QED) is 0.312. The fraction of sp³-hybridized carbons (Fsp3) is 0.231. The second-order valence-corrected chi connectivity index (χ2v) is 11.2. The Morgan fingerprint density at radius 1 is 0.944 bits per heavy atom. The number of sulfonamides is 1. The summed E-state index contributed by atoms with van der Waals surface area (Å²) in [4.78, 5) is 21.4. The van der Waals surface area contributed by atoms with Crippen molar-refractivity contribution in [3.05, 3.63) is 84.2 Å². The Hall–Kier alpha value is -3.34. The summed E-state index contributed by atoms with van der Waals surface area (Å²) in [5, 5.41) is 0.389. The number of anilines is 2. The number of benzene rings is 3. The van der Waals surface area contributed by atoms with E-state index in [9.17, 15) is 17.6 Å². The Morgan fingerprint density at radius 3 is 2.25 bits per heavy atom. The second kappa shape index (κ2) is 10.7. The van der Waals surface area contributed by atoms with E-state index in [2.05, 4.69) is 4.98 Å². The number of thiazole rings is 1. The third-order valence-electron chi connectivity index (χ3n) is 5.63. The zero-order valence-corrected chi connectivity index (χ0v) is 21.9. The van der Waals surface area contributed by atoms with Crippen LogP contribution in [0.2, 0.25) is 0 Å². The van der Waals surface area contributed by atoms with Crippen LogP contribution < -0.4 is 9.21 Å². The van der Waals surface area contributed by atoms with Gasteiger partial charge in [-0.25, -0.2) is 17.8 Å². The van der Waals surface area contributed by atoms with E-state index >= 15 is 0 Å². The molecule has 4 aromatic rings. The van der Waals surface area contributed by atoms with E-state index in [1.165, 1.54) is 50.9 Å². The van der Waals surface area contributed by atoms with E-state index in [0.29, 0.717) is 34.2 Å². The second-order valence-electron chi connectivity index (χ2n) is 8.37. The lowest BCUT2D eigenvalue weighted by molar-refractivity contribution is 0.0985. The smallest absolute Gasteiger partial charge is 0.264 e. The molecule has 1 aromatic heterocycles. The van der Waals surface area contributed by atoms with Gasteiger partial charge in [-0.2, -0.15) is 0 Å². The number of carbonyl (C=O) groups excluding carboxylic acids is 1. The van der Waals surface area contributed by atoms with Crippen molar-refractivity contribution in [2.75, 3.05) is 42.9 Å². The van der Waals surface area contributed by atoms with E-state index < -0.39 is 15.8 Å². The summed E-state index contributed by atoms with van der Waals surface area (Å²) in [6, 6.07) is 19.5. The zero-order chi connectivity index (χ0) is 25.9. The van der Waals surface area contributed by atoms with Gasteiger partial charge in [-0.3, -0.25) is 14.0 Å². The molecule has 0 aliphatic carbocycles. The number of nitrogens with zero attached hydrogens (tertiary/aromatic N) is 4. The summed E-state index contributed by atoms with van der Waals surface area (Å²) in [7, 11) is -0.0220. The van der Waals surface area contributed by atoms with Crippen molar-refractivity contribution in [3.63, 3.8) is 0 Å². The molecule has 0 saturated heterocycles. The van der Waals surface area contributed by atoms with E-state index in [0.717, 1.165) is 0 Å². The van der Waals surface area contributed by atoms with Crippen LogP contribution in [0.25, 0.3) is 10.2 Å². The number of aromatic nitrogens is 1. The van der Waals surface area contributed by atoms with E-state index in [1.54, 1.807) is 43.3 Å². The molecule has 0 fully saturated rings. The number of fused-ring (bicyclic) bond motifs is 1. The first-order valence-electron chi connectivity index (χ1n) is 11.4. The molecule has 0 aliphatic heterocycles. The standard InChI is InChI=1S/C26H27FN4O3S2/c1-4-31(20-9-6-5-7-10-20)36(33,34)21-15-13-19(14-16-21)25(32)30(18-17-29(2)3)26-28-24-22(27)11-8-12-23(24)35-26/h5-16H,4,17-18H2,1-3H3. The van der Waals surface area contributed by atoms with Crippen LogP contribution >= 0.6 is 11.3 Å². The predicted octanol–water partition coefficient (Wildman–Crippen LogP) is 4.86. The number of likely N-dealkylation sites (N-methyl/N-ethyl adjacent to an activating group) is 1. The van der Waals surface area contributed by atoms with Gasteiger partial charge in [-0.15, -0.1) is 0 Å². The molecular formula is C26H27FN4O3S2. The van der Waals surface area contributed by atoms with Gasteiger partial charge in [0.2, 0.25) is 0 Å². The van der Waals surface area contributed by atoms with Crippen LogP contribution in [-0.4, -0.2) is 57.9 Å². The first-order valence-corrected chi connectivity index (χ1v) is 13.7. The maximum Gasteiger partial charge on any atom is 0.264 e. The van der Waals surface area contributed by atoms with E-state index in [-0.39, 0.29) is 22.9 Å². The number of rotatable bonds is 9. The molecule has 0 bridgehead atoms. The van der Waals surface area contributed by atoms with Gasteiger partial charge in [0.15, 0.2) is 5.13 Å². The highest BCUT2D eigenvalue weighted by molar-refractivity contribution is 7.92. The molecule has 1 heterocycles. The Labute approximate surface area is 214 Å².